The third-order valence-corrected chi connectivity index (χ3v) is 5.23. The Morgan fingerprint density at radius 2 is 1.58 bits per heavy atom. The van der Waals surface area contributed by atoms with Crippen LogP contribution in [0.4, 0.5) is 5.95 Å². The number of halogens is 1. The Kier molecular flexibility index (Phi) is 5.54. The van der Waals surface area contributed by atoms with E-state index in [4.69, 9.17) is 16.0 Å². The van der Waals surface area contributed by atoms with Gasteiger partial charge >= 0.3 is 0 Å². The number of nitrogens with one attached hydrogen (secondary N) is 1. The van der Waals surface area contributed by atoms with Gasteiger partial charge in [0, 0.05) is 33.4 Å². The van der Waals surface area contributed by atoms with E-state index >= 15 is 0 Å². The Hall–Kier alpha value is -3.18. The van der Waals surface area contributed by atoms with Gasteiger partial charge in [-0.05, 0) is 49.1 Å². The van der Waals surface area contributed by atoms with Crippen LogP contribution in [0.25, 0.3) is 22.3 Å². The molecule has 2 heterocycles. The summed E-state index contributed by atoms with van der Waals surface area (Å²) in [5, 5.41) is 6.69. The number of aromatic nitrogens is 2. The Bertz CT molecular complexity index is 1300. The van der Waals surface area contributed by atoms with Crippen molar-refractivity contribution in [1.29, 1.82) is 0 Å². The Morgan fingerprint density at radius 3 is 2.23 bits per heavy atom. The highest BCUT2D eigenvalue weighted by Gasteiger charge is 2.14. The topological polar surface area (TPSA) is 63.3 Å². The summed E-state index contributed by atoms with van der Waals surface area (Å²) in [6, 6.07) is 17.7. The van der Waals surface area contributed by atoms with Crippen LogP contribution in [0.5, 0.6) is 0 Å². The number of hydrogen-bond acceptors (Lipinski definition) is 5. The first kappa shape index (κ1) is 21.1. The Labute approximate surface area is 186 Å². The minimum atomic E-state index is 0.0895. The second-order valence-corrected chi connectivity index (χ2v) is 9.10. The molecule has 4 aromatic rings. The highest BCUT2D eigenvalue weighted by molar-refractivity contribution is 6.31. The fourth-order valence-corrected chi connectivity index (χ4v) is 3.57. The van der Waals surface area contributed by atoms with E-state index in [2.05, 4.69) is 65.5 Å². The normalized spacial score (nSPS) is 12.4. The zero-order valence-electron chi connectivity index (χ0n) is 18.3. The van der Waals surface area contributed by atoms with E-state index in [0.29, 0.717) is 21.9 Å². The first-order chi connectivity index (χ1) is 14.7. The van der Waals surface area contributed by atoms with Crippen LogP contribution in [0.15, 0.2) is 64.1 Å². The van der Waals surface area contributed by atoms with Gasteiger partial charge in [0.2, 0.25) is 5.95 Å². The largest absolute Gasteiger partial charge is 0.456 e. The van der Waals surface area contributed by atoms with Crippen molar-refractivity contribution in [3.8, 4) is 11.3 Å². The van der Waals surface area contributed by atoms with E-state index < -0.39 is 0 Å². The lowest BCUT2D eigenvalue weighted by atomic mass is 9.86. The number of hydrogen-bond donors (Lipinski definition) is 1. The summed E-state index contributed by atoms with van der Waals surface area (Å²) < 4.78 is 6.18. The smallest absolute Gasteiger partial charge is 0.243 e. The predicted molar refractivity (Wildman–Crippen MR) is 126 cm³/mol. The van der Waals surface area contributed by atoms with Crippen LogP contribution in [0, 0.1) is 13.8 Å². The van der Waals surface area contributed by atoms with Gasteiger partial charge in [0.25, 0.3) is 0 Å². The molecule has 158 valence electrons. The molecular formula is C25H25ClN4O. The van der Waals surface area contributed by atoms with Gasteiger partial charge in [0.1, 0.15) is 11.3 Å². The lowest BCUT2D eigenvalue weighted by Crippen LogP contribution is -2.11. The first-order valence-corrected chi connectivity index (χ1v) is 10.5. The highest BCUT2D eigenvalue weighted by atomic mass is 35.5. The number of anilines is 1. The monoisotopic (exact) mass is 432 g/mol. The van der Waals surface area contributed by atoms with Crippen molar-refractivity contribution in [2.24, 2.45) is 5.10 Å². The van der Waals surface area contributed by atoms with E-state index in [0.717, 1.165) is 28.1 Å². The summed E-state index contributed by atoms with van der Waals surface area (Å²) >= 11 is 6.24. The standard InChI is InChI=1S/C25H25ClN4O/c1-15-12-16(2)28-24(27-15)30-29-21-14-23(31-22-11-10-19(26)13-20(21)22)17-6-8-18(9-7-17)25(3,4)5/h6-14H,1-5H3,(H,27,28,30)/b29-21+. The van der Waals surface area contributed by atoms with Gasteiger partial charge in [0.05, 0.1) is 5.36 Å². The lowest BCUT2D eigenvalue weighted by molar-refractivity contribution is 0.589. The Balaban J connectivity index is 1.82. The van der Waals surface area contributed by atoms with Crippen molar-refractivity contribution in [3.63, 3.8) is 0 Å². The van der Waals surface area contributed by atoms with Crippen LogP contribution in [0.3, 0.4) is 0 Å². The van der Waals surface area contributed by atoms with Crippen LogP contribution in [0.1, 0.15) is 37.7 Å². The van der Waals surface area contributed by atoms with Crippen molar-refractivity contribution in [1.82, 2.24) is 9.97 Å². The zero-order valence-corrected chi connectivity index (χ0v) is 19.1. The summed E-state index contributed by atoms with van der Waals surface area (Å²) in [5.41, 5.74) is 7.76. The van der Waals surface area contributed by atoms with Gasteiger partial charge in [-0.25, -0.2) is 15.4 Å². The third-order valence-electron chi connectivity index (χ3n) is 5.00. The number of rotatable bonds is 3. The van der Waals surface area contributed by atoms with Crippen LogP contribution >= 0.6 is 11.6 Å². The summed E-state index contributed by atoms with van der Waals surface area (Å²) in [4.78, 5) is 8.79. The van der Waals surface area contributed by atoms with Gasteiger partial charge in [0.15, 0.2) is 0 Å². The van der Waals surface area contributed by atoms with Crippen molar-refractivity contribution >= 4 is 28.5 Å². The average molecular weight is 433 g/mol. The molecule has 0 atom stereocenters. The van der Waals surface area contributed by atoms with Crippen LogP contribution in [-0.4, -0.2) is 9.97 Å². The summed E-state index contributed by atoms with van der Waals surface area (Å²) in [6.07, 6.45) is 0. The number of benzene rings is 2. The molecule has 6 heteroatoms. The maximum atomic E-state index is 6.24. The molecule has 0 radical (unpaired) electrons. The second-order valence-electron chi connectivity index (χ2n) is 8.66. The van der Waals surface area contributed by atoms with Gasteiger partial charge < -0.3 is 4.42 Å². The maximum absolute atomic E-state index is 6.24. The van der Waals surface area contributed by atoms with E-state index in [1.807, 2.05) is 44.2 Å². The highest BCUT2D eigenvalue weighted by Crippen LogP contribution is 2.27. The van der Waals surface area contributed by atoms with E-state index in [-0.39, 0.29) is 5.41 Å². The molecule has 0 spiro atoms. The van der Waals surface area contributed by atoms with Crippen molar-refractivity contribution < 1.29 is 4.42 Å². The van der Waals surface area contributed by atoms with E-state index in [9.17, 15) is 0 Å². The quantitative estimate of drug-likeness (QED) is 0.381. The van der Waals surface area contributed by atoms with Gasteiger partial charge in [-0.1, -0.05) is 56.6 Å². The molecule has 0 fully saturated rings. The van der Waals surface area contributed by atoms with Crippen LogP contribution < -0.4 is 10.8 Å². The maximum Gasteiger partial charge on any atom is 0.243 e. The fourth-order valence-electron chi connectivity index (χ4n) is 3.40. The molecule has 0 amide bonds. The molecule has 0 saturated carbocycles. The third kappa shape index (κ3) is 4.78. The molecule has 0 unspecified atom stereocenters. The van der Waals surface area contributed by atoms with Crippen LogP contribution in [-0.2, 0) is 5.41 Å². The summed E-state index contributed by atoms with van der Waals surface area (Å²) in [7, 11) is 0. The van der Waals surface area contributed by atoms with Crippen molar-refractivity contribution in [3.05, 3.63) is 81.9 Å². The molecule has 0 aliphatic carbocycles. The average Bonchev–Trinajstić information content (AvgIpc) is 2.71. The minimum Gasteiger partial charge on any atom is -0.456 e. The van der Waals surface area contributed by atoms with Gasteiger partial charge in [-0.15, -0.1) is 0 Å². The zero-order chi connectivity index (χ0) is 22.2. The molecule has 5 nitrogen and oxygen atoms in total. The SMILES string of the molecule is Cc1cc(C)nc(N/N=c2\cc(-c3ccc(C(C)(C)C)cc3)oc3ccc(Cl)cc23)n1. The molecule has 1 N–H and O–H groups in total. The predicted octanol–water partition coefficient (Wildman–Crippen LogP) is 6.39. The molecule has 31 heavy (non-hydrogen) atoms. The van der Waals surface area contributed by atoms with Crippen molar-refractivity contribution in [2.75, 3.05) is 5.43 Å². The van der Waals surface area contributed by atoms with Crippen molar-refractivity contribution in [2.45, 2.75) is 40.0 Å². The molecule has 0 bridgehead atoms. The second kappa shape index (κ2) is 8.16. The summed E-state index contributed by atoms with van der Waals surface area (Å²) in [5.74, 6) is 1.17. The summed E-state index contributed by atoms with van der Waals surface area (Å²) in [6.45, 7) is 10.4. The minimum absolute atomic E-state index is 0.0895. The molecule has 0 aliphatic heterocycles. The number of nitrogens with zero attached hydrogens (tertiary/aromatic N) is 3. The van der Waals surface area contributed by atoms with Crippen LogP contribution in [0.2, 0.25) is 5.02 Å². The fraction of sp³-hybridized carbons (Fsp3) is 0.240. The molecule has 0 aliphatic rings. The number of aryl methyl sites for hydroxylation is 2. The molecule has 2 aromatic carbocycles. The van der Waals surface area contributed by atoms with Gasteiger partial charge in [-0.2, -0.15) is 5.10 Å². The molecule has 0 saturated heterocycles. The van der Waals surface area contributed by atoms with Gasteiger partial charge in [-0.3, -0.25) is 0 Å². The molecule has 2 aromatic heterocycles. The van der Waals surface area contributed by atoms with E-state index in [1.165, 1.54) is 5.56 Å². The Morgan fingerprint density at radius 1 is 0.903 bits per heavy atom. The molecular weight excluding hydrogens is 408 g/mol. The lowest BCUT2D eigenvalue weighted by Gasteiger charge is -2.19. The number of fused-ring (bicyclic) bond motifs is 1. The first-order valence-electron chi connectivity index (χ1n) is 10.2. The van der Waals surface area contributed by atoms with E-state index in [1.54, 1.807) is 0 Å². The molecule has 4 rings (SSSR count).